The second-order valence-electron chi connectivity index (χ2n) is 5.46. The number of ether oxygens (including phenoxy) is 2. The van der Waals surface area contributed by atoms with Crippen LogP contribution < -0.4 is 15.8 Å². The highest BCUT2D eigenvalue weighted by Gasteiger charge is 2.27. The van der Waals surface area contributed by atoms with E-state index in [9.17, 15) is 9.59 Å². The maximum absolute atomic E-state index is 12.2. The molecular weight excluding hydrogens is 320 g/mol. The fraction of sp³-hybridized carbons (Fsp3) is 0.500. The standard InChI is InChI=1S/C16H24N2O4.ClH/c1-5-8-16(3,17)15(20)18-13-7-6-12(9-11(13)2)22-10-14(19)21-4;/h6-7,9H,5,8,10,17H2,1-4H3,(H,18,20);1H. The normalized spacial score (nSPS) is 12.6. The quantitative estimate of drug-likeness (QED) is 0.741. The van der Waals surface area contributed by atoms with Crippen molar-refractivity contribution in [3.63, 3.8) is 0 Å². The summed E-state index contributed by atoms with van der Waals surface area (Å²) < 4.78 is 9.80. The van der Waals surface area contributed by atoms with Crippen LogP contribution in [0.5, 0.6) is 5.75 Å². The van der Waals surface area contributed by atoms with Gasteiger partial charge in [0.15, 0.2) is 6.61 Å². The number of benzene rings is 1. The molecule has 1 aromatic carbocycles. The summed E-state index contributed by atoms with van der Waals surface area (Å²) in [4.78, 5) is 23.2. The maximum atomic E-state index is 12.2. The minimum Gasteiger partial charge on any atom is -0.482 e. The van der Waals surface area contributed by atoms with Gasteiger partial charge in [0, 0.05) is 5.69 Å². The van der Waals surface area contributed by atoms with Crippen LogP contribution in [-0.2, 0) is 14.3 Å². The molecule has 0 fully saturated rings. The average Bonchev–Trinajstić information content (AvgIpc) is 2.47. The van der Waals surface area contributed by atoms with E-state index in [4.69, 9.17) is 10.5 Å². The molecule has 0 radical (unpaired) electrons. The zero-order chi connectivity index (χ0) is 16.8. The van der Waals surface area contributed by atoms with Gasteiger partial charge in [0.2, 0.25) is 5.91 Å². The predicted octanol–water partition coefficient (Wildman–Crippen LogP) is 2.42. The average molecular weight is 345 g/mol. The zero-order valence-corrected chi connectivity index (χ0v) is 14.8. The molecule has 0 saturated carbocycles. The van der Waals surface area contributed by atoms with Crippen LogP contribution in [0, 0.1) is 6.92 Å². The molecule has 23 heavy (non-hydrogen) atoms. The van der Waals surface area contributed by atoms with Crippen LogP contribution >= 0.6 is 12.4 Å². The molecular formula is C16H25ClN2O4. The Kier molecular flexibility index (Phi) is 8.64. The first kappa shape index (κ1) is 21.2. The van der Waals surface area contributed by atoms with E-state index in [1.54, 1.807) is 25.1 Å². The number of nitrogens with one attached hydrogen (secondary N) is 1. The Morgan fingerprint density at radius 1 is 1.35 bits per heavy atom. The van der Waals surface area contributed by atoms with Crippen molar-refractivity contribution >= 4 is 30.0 Å². The van der Waals surface area contributed by atoms with Crippen LogP contribution in [0.25, 0.3) is 0 Å². The maximum Gasteiger partial charge on any atom is 0.343 e. The fourth-order valence-corrected chi connectivity index (χ4v) is 1.97. The summed E-state index contributed by atoms with van der Waals surface area (Å²) in [6.45, 7) is 5.39. The van der Waals surface area contributed by atoms with Crippen molar-refractivity contribution in [1.82, 2.24) is 0 Å². The van der Waals surface area contributed by atoms with E-state index < -0.39 is 11.5 Å². The molecule has 0 heterocycles. The molecule has 0 bridgehead atoms. The molecule has 0 saturated heterocycles. The van der Waals surface area contributed by atoms with Crippen LogP contribution in [0.1, 0.15) is 32.3 Å². The van der Waals surface area contributed by atoms with Crippen LogP contribution in [0.3, 0.4) is 0 Å². The van der Waals surface area contributed by atoms with E-state index in [1.165, 1.54) is 7.11 Å². The second kappa shape index (κ2) is 9.37. The van der Waals surface area contributed by atoms with Gasteiger partial charge < -0.3 is 20.5 Å². The fourth-order valence-electron chi connectivity index (χ4n) is 1.97. The topological polar surface area (TPSA) is 90.7 Å². The third kappa shape index (κ3) is 6.46. The Bertz CT molecular complexity index is 547. The number of methoxy groups -OCH3 is 1. The van der Waals surface area contributed by atoms with Crippen molar-refractivity contribution in [2.45, 2.75) is 39.2 Å². The first-order valence-corrected chi connectivity index (χ1v) is 7.20. The molecule has 7 heteroatoms. The van der Waals surface area contributed by atoms with E-state index in [0.717, 1.165) is 12.0 Å². The minimum atomic E-state index is -0.902. The van der Waals surface area contributed by atoms with Gasteiger partial charge >= 0.3 is 5.97 Å². The van der Waals surface area contributed by atoms with Gasteiger partial charge in [-0.1, -0.05) is 13.3 Å². The number of esters is 1. The molecule has 1 amide bonds. The van der Waals surface area contributed by atoms with E-state index in [1.807, 2.05) is 13.8 Å². The molecule has 6 nitrogen and oxygen atoms in total. The van der Waals surface area contributed by atoms with Gasteiger partial charge in [-0.25, -0.2) is 4.79 Å². The van der Waals surface area contributed by atoms with Crippen LogP contribution in [0.4, 0.5) is 5.69 Å². The lowest BCUT2D eigenvalue weighted by Crippen LogP contribution is -2.48. The van der Waals surface area contributed by atoms with E-state index in [0.29, 0.717) is 17.9 Å². The van der Waals surface area contributed by atoms with Crippen LogP contribution in [0.2, 0.25) is 0 Å². The summed E-state index contributed by atoms with van der Waals surface area (Å²) in [6.07, 6.45) is 1.44. The molecule has 3 N–H and O–H groups in total. The molecule has 0 aliphatic carbocycles. The van der Waals surface area contributed by atoms with Gasteiger partial charge in [0.05, 0.1) is 12.6 Å². The van der Waals surface area contributed by atoms with Crippen molar-refractivity contribution in [3.05, 3.63) is 23.8 Å². The van der Waals surface area contributed by atoms with Crippen LogP contribution in [0.15, 0.2) is 18.2 Å². The first-order chi connectivity index (χ1) is 10.3. The lowest BCUT2D eigenvalue weighted by Gasteiger charge is -2.23. The van der Waals surface area contributed by atoms with E-state index in [2.05, 4.69) is 10.1 Å². The first-order valence-electron chi connectivity index (χ1n) is 7.20. The van der Waals surface area contributed by atoms with Crippen molar-refractivity contribution in [2.75, 3.05) is 19.0 Å². The molecule has 1 aromatic rings. The Hall–Kier alpha value is -1.79. The van der Waals surface area contributed by atoms with Gasteiger partial charge in [-0.05, 0) is 44.0 Å². The van der Waals surface area contributed by atoms with Crippen LogP contribution in [-0.4, -0.2) is 31.1 Å². The lowest BCUT2D eigenvalue weighted by molar-refractivity contribution is -0.142. The number of halogens is 1. The van der Waals surface area contributed by atoms with Gasteiger partial charge in [-0.2, -0.15) is 0 Å². The molecule has 0 spiro atoms. The number of rotatable bonds is 7. The molecule has 0 aliphatic heterocycles. The van der Waals surface area contributed by atoms with Gasteiger partial charge in [0.25, 0.3) is 0 Å². The molecule has 1 unspecified atom stereocenters. The largest absolute Gasteiger partial charge is 0.482 e. The molecule has 1 rings (SSSR count). The number of carbonyl (C=O) groups is 2. The van der Waals surface area contributed by atoms with Crippen molar-refractivity contribution in [1.29, 1.82) is 0 Å². The summed E-state index contributed by atoms with van der Waals surface area (Å²) in [5, 5.41) is 2.83. The molecule has 130 valence electrons. The van der Waals surface area contributed by atoms with Gasteiger partial charge in [0.1, 0.15) is 5.75 Å². The lowest BCUT2D eigenvalue weighted by atomic mass is 9.96. The van der Waals surface area contributed by atoms with Gasteiger partial charge in [-0.15, -0.1) is 12.4 Å². The van der Waals surface area contributed by atoms with Crippen molar-refractivity contribution in [3.8, 4) is 5.75 Å². The number of amides is 1. The number of aryl methyl sites for hydroxylation is 1. The Labute approximate surface area is 143 Å². The third-order valence-electron chi connectivity index (χ3n) is 3.32. The number of hydrogen-bond acceptors (Lipinski definition) is 5. The second-order valence-corrected chi connectivity index (χ2v) is 5.46. The third-order valence-corrected chi connectivity index (χ3v) is 3.32. The summed E-state index contributed by atoms with van der Waals surface area (Å²) in [6, 6.07) is 5.15. The highest BCUT2D eigenvalue weighted by molar-refractivity contribution is 5.98. The molecule has 0 aromatic heterocycles. The Balaban J connectivity index is 0.00000484. The van der Waals surface area contributed by atoms with E-state index >= 15 is 0 Å². The Morgan fingerprint density at radius 3 is 2.52 bits per heavy atom. The summed E-state index contributed by atoms with van der Waals surface area (Å²) in [5.41, 5.74) is 6.60. The number of hydrogen-bond donors (Lipinski definition) is 2. The minimum absolute atomic E-state index is 0. The van der Waals surface area contributed by atoms with Crippen molar-refractivity contribution in [2.24, 2.45) is 5.73 Å². The SMILES string of the molecule is CCCC(C)(N)C(=O)Nc1ccc(OCC(=O)OC)cc1C.Cl. The number of anilines is 1. The highest BCUT2D eigenvalue weighted by atomic mass is 35.5. The summed E-state index contributed by atoms with van der Waals surface area (Å²) >= 11 is 0. The van der Waals surface area contributed by atoms with Gasteiger partial charge in [-0.3, -0.25) is 4.79 Å². The molecule has 1 atom stereocenters. The number of carbonyl (C=O) groups excluding carboxylic acids is 2. The van der Waals surface area contributed by atoms with Crippen molar-refractivity contribution < 1.29 is 19.1 Å². The highest BCUT2D eigenvalue weighted by Crippen LogP contribution is 2.22. The predicted molar refractivity (Wildman–Crippen MR) is 92.1 cm³/mol. The summed E-state index contributed by atoms with van der Waals surface area (Å²) in [7, 11) is 1.30. The number of nitrogens with two attached hydrogens (primary N) is 1. The summed E-state index contributed by atoms with van der Waals surface area (Å²) in [5.74, 6) is -0.140. The smallest absolute Gasteiger partial charge is 0.343 e. The zero-order valence-electron chi connectivity index (χ0n) is 14.0. The molecule has 0 aliphatic rings. The monoisotopic (exact) mass is 344 g/mol. The Morgan fingerprint density at radius 2 is 2.00 bits per heavy atom. The van der Waals surface area contributed by atoms with E-state index in [-0.39, 0.29) is 24.9 Å².